The summed E-state index contributed by atoms with van der Waals surface area (Å²) >= 11 is 9.57. The van der Waals surface area contributed by atoms with Crippen LogP contribution in [0.15, 0.2) is 45.9 Å². The van der Waals surface area contributed by atoms with Crippen LogP contribution < -0.4 is 4.74 Å². The Morgan fingerprint density at radius 3 is 2.52 bits per heavy atom. The standard InChI is InChI=1S/C15H12BrClN2O3S/c1-9-3-5-10(6-4-9)23(20,21)19-13(17)7-11-12(16)8-18-15(22-2)14(11)19/h3-8H,1-2H3. The first kappa shape index (κ1) is 16.3. The number of rotatable bonds is 3. The number of ether oxygens (including phenoxy) is 1. The van der Waals surface area contributed by atoms with Gasteiger partial charge in [0.15, 0.2) is 0 Å². The minimum absolute atomic E-state index is 0.0626. The molecule has 0 unspecified atom stereocenters. The summed E-state index contributed by atoms with van der Waals surface area (Å²) in [5.74, 6) is 0.186. The lowest BCUT2D eigenvalue weighted by Gasteiger charge is -2.11. The van der Waals surface area contributed by atoms with E-state index in [4.69, 9.17) is 16.3 Å². The van der Waals surface area contributed by atoms with Gasteiger partial charge in [-0.2, -0.15) is 0 Å². The zero-order valence-corrected chi connectivity index (χ0v) is 15.4. The third-order valence-corrected chi connectivity index (χ3v) is 6.16. The smallest absolute Gasteiger partial charge is 0.269 e. The molecule has 8 heteroatoms. The SMILES string of the molecule is COc1ncc(Br)c2cc(Cl)n(S(=O)(=O)c3ccc(C)cc3)c12. The van der Waals surface area contributed by atoms with Crippen LogP contribution in [0.25, 0.3) is 10.9 Å². The van der Waals surface area contributed by atoms with Crippen molar-refractivity contribution in [3.05, 3.63) is 51.7 Å². The van der Waals surface area contributed by atoms with Crippen molar-refractivity contribution >= 4 is 48.5 Å². The molecule has 23 heavy (non-hydrogen) atoms. The average molecular weight is 416 g/mol. The van der Waals surface area contributed by atoms with E-state index < -0.39 is 10.0 Å². The van der Waals surface area contributed by atoms with Crippen molar-refractivity contribution in [2.24, 2.45) is 0 Å². The molecule has 0 saturated carbocycles. The molecule has 0 aliphatic carbocycles. The molecule has 2 aromatic heterocycles. The first-order chi connectivity index (χ1) is 10.9. The van der Waals surface area contributed by atoms with Crippen LogP contribution in [0.5, 0.6) is 5.88 Å². The predicted octanol–water partition coefficient (Wildman–Crippen LogP) is 4.01. The van der Waals surface area contributed by atoms with Gasteiger partial charge in [-0.05, 0) is 41.1 Å². The summed E-state index contributed by atoms with van der Waals surface area (Å²) in [5.41, 5.74) is 1.27. The van der Waals surface area contributed by atoms with E-state index in [9.17, 15) is 8.42 Å². The molecule has 0 spiro atoms. The van der Waals surface area contributed by atoms with Crippen LogP contribution in [-0.2, 0) is 10.0 Å². The number of pyridine rings is 1. The van der Waals surface area contributed by atoms with Gasteiger partial charge in [0, 0.05) is 16.1 Å². The van der Waals surface area contributed by atoms with E-state index in [2.05, 4.69) is 20.9 Å². The molecule has 0 aliphatic heterocycles. The third kappa shape index (κ3) is 2.62. The van der Waals surface area contributed by atoms with Crippen LogP contribution >= 0.6 is 27.5 Å². The minimum atomic E-state index is -3.88. The van der Waals surface area contributed by atoms with E-state index in [0.29, 0.717) is 15.4 Å². The maximum atomic E-state index is 13.0. The van der Waals surface area contributed by atoms with Gasteiger partial charge >= 0.3 is 0 Å². The third-order valence-electron chi connectivity index (χ3n) is 3.42. The highest BCUT2D eigenvalue weighted by Gasteiger charge is 2.26. The Morgan fingerprint density at radius 1 is 1.26 bits per heavy atom. The second-order valence-electron chi connectivity index (χ2n) is 4.93. The van der Waals surface area contributed by atoms with E-state index >= 15 is 0 Å². The van der Waals surface area contributed by atoms with Crippen molar-refractivity contribution in [3.8, 4) is 5.88 Å². The van der Waals surface area contributed by atoms with E-state index in [1.807, 2.05) is 6.92 Å². The van der Waals surface area contributed by atoms with Crippen molar-refractivity contribution in [1.29, 1.82) is 0 Å². The van der Waals surface area contributed by atoms with Crippen LogP contribution in [0.4, 0.5) is 0 Å². The molecule has 1 aromatic carbocycles. The molecule has 0 bridgehead atoms. The monoisotopic (exact) mass is 414 g/mol. The van der Waals surface area contributed by atoms with E-state index in [-0.39, 0.29) is 15.9 Å². The fraction of sp³-hybridized carbons (Fsp3) is 0.133. The fourth-order valence-corrected chi connectivity index (χ4v) is 4.55. The van der Waals surface area contributed by atoms with Crippen LogP contribution in [0, 0.1) is 6.92 Å². The zero-order chi connectivity index (χ0) is 16.8. The minimum Gasteiger partial charge on any atom is -0.479 e. The number of halogens is 2. The number of hydrogen-bond acceptors (Lipinski definition) is 4. The van der Waals surface area contributed by atoms with E-state index in [1.165, 1.54) is 7.11 Å². The number of aromatic nitrogens is 2. The molecule has 0 radical (unpaired) electrons. The van der Waals surface area contributed by atoms with E-state index in [0.717, 1.165) is 9.54 Å². The molecule has 3 aromatic rings. The summed E-state index contributed by atoms with van der Waals surface area (Å²) in [6.07, 6.45) is 1.54. The van der Waals surface area contributed by atoms with Gasteiger partial charge in [-0.25, -0.2) is 17.4 Å². The van der Waals surface area contributed by atoms with Gasteiger partial charge in [-0.1, -0.05) is 29.3 Å². The lowest BCUT2D eigenvalue weighted by atomic mass is 10.2. The fourth-order valence-electron chi connectivity index (χ4n) is 2.29. The molecular weight excluding hydrogens is 404 g/mol. The number of methoxy groups -OCH3 is 1. The molecule has 5 nitrogen and oxygen atoms in total. The van der Waals surface area contributed by atoms with Gasteiger partial charge in [0.1, 0.15) is 10.7 Å². The molecule has 0 fully saturated rings. The first-order valence-electron chi connectivity index (χ1n) is 6.58. The molecule has 0 N–H and O–H groups in total. The summed E-state index contributed by atoms with van der Waals surface area (Å²) in [6.45, 7) is 1.89. The lowest BCUT2D eigenvalue weighted by molar-refractivity contribution is 0.402. The average Bonchev–Trinajstić information content (AvgIpc) is 2.87. The van der Waals surface area contributed by atoms with Crippen molar-refractivity contribution in [2.75, 3.05) is 7.11 Å². The molecule has 120 valence electrons. The number of aryl methyl sites for hydroxylation is 1. The van der Waals surface area contributed by atoms with Crippen molar-refractivity contribution in [3.63, 3.8) is 0 Å². The Kier molecular flexibility index (Phi) is 4.12. The van der Waals surface area contributed by atoms with Gasteiger partial charge in [0.25, 0.3) is 10.0 Å². The Labute approximate surface area is 147 Å². The molecule has 0 saturated heterocycles. The summed E-state index contributed by atoms with van der Waals surface area (Å²) in [6, 6.07) is 8.13. The highest BCUT2D eigenvalue weighted by atomic mass is 79.9. The summed E-state index contributed by atoms with van der Waals surface area (Å²) in [4.78, 5) is 4.25. The molecule has 3 rings (SSSR count). The van der Waals surface area contributed by atoms with Crippen LogP contribution in [0.2, 0.25) is 5.15 Å². The van der Waals surface area contributed by atoms with Crippen molar-refractivity contribution < 1.29 is 13.2 Å². The Morgan fingerprint density at radius 2 is 1.91 bits per heavy atom. The number of hydrogen-bond donors (Lipinski definition) is 0. The van der Waals surface area contributed by atoms with Gasteiger partial charge in [-0.15, -0.1) is 0 Å². The highest BCUT2D eigenvalue weighted by Crippen LogP contribution is 2.36. The lowest BCUT2D eigenvalue weighted by Crippen LogP contribution is -2.13. The molecule has 0 amide bonds. The topological polar surface area (TPSA) is 61.2 Å². The van der Waals surface area contributed by atoms with E-state index in [1.54, 1.807) is 36.5 Å². The highest BCUT2D eigenvalue weighted by molar-refractivity contribution is 9.10. The Hall–Kier alpha value is -1.57. The van der Waals surface area contributed by atoms with Crippen LogP contribution in [0.1, 0.15) is 5.56 Å². The number of fused-ring (bicyclic) bond motifs is 1. The quantitative estimate of drug-likeness (QED) is 0.648. The van der Waals surface area contributed by atoms with Crippen molar-refractivity contribution in [2.45, 2.75) is 11.8 Å². The van der Waals surface area contributed by atoms with Crippen LogP contribution in [0.3, 0.4) is 0 Å². The largest absolute Gasteiger partial charge is 0.479 e. The predicted molar refractivity (Wildman–Crippen MR) is 92.8 cm³/mol. The van der Waals surface area contributed by atoms with Crippen LogP contribution in [-0.4, -0.2) is 24.5 Å². The normalized spacial score (nSPS) is 11.8. The molecule has 0 atom stereocenters. The number of nitrogens with zero attached hydrogens (tertiary/aromatic N) is 2. The second kappa shape index (κ2) is 5.81. The summed E-state index contributed by atoms with van der Waals surface area (Å²) in [7, 11) is -2.45. The Bertz CT molecular complexity index is 998. The summed E-state index contributed by atoms with van der Waals surface area (Å²) < 4.78 is 32.9. The second-order valence-corrected chi connectivity index (χ2v) is 7.96. The first-order valence-corrected chi connectivity index (χ1v) is 9.19. The Balaban J connectivity index is 2.37. The van der Waals surface area contributed by atoms with Gasteiger partial charge < -0.3 is 4.74 Å². The van der Waals surface area contributed by atoms with Crippen molar-refractivity contribution in [1.82, 2.24) is 8.96 Å². The molecule has 2 heterocycles. The maximum Gasteiger partial charge on any atom is 0.269 e. The summed E-state index contributed by atoms with van der Waals surface area (Å²) in [5, 5.41) is 0.671. The molecular formula is C15H12BrClN2O3S. The number of benzene rings is 1. The van der Waals surface area contributed by atoms with Gasteiger partial charge in [0.2, 0.25) is 5.88 Å². The zero-order valence-electron chi connectivity index (χ0n) is 12.2. The van der Waals surface area contributed by atoms with Gasteiger partial charge in [-0.3, -0.25) is 0 Å². The van der Waals surface area contributed by atoms with Gasteiger partial charge in [0.05, 0.1) is 12.0 Å². The molecule has 0 aliphatic rings. The maximum absolute atomic E-state index is 13.0.